The van der Waals surface area contributed by atoms with E-state index < -0.39 is 0 Å². The van der Waals surface area contributed by atoms with Crippen molar-refractivity contribution in [1.29, 1.82) is 0 Å². The van der Waals surface area contributed by atoms with E-state index in [0.717, 1.165) is 0 Å². The number of H-pyrrole nitrogens is 1. The number of rotatable bonds is 5. The molecule has 0 atom stereocenters. The van der Waals surface area contributed by atoms with Gasteiger partial charge >= 0.3 is 0 Å². The smallest absolute Gasteiger partial charge is 0.230 e. The van der Waals surface area contributed by atoms with E-state index in [1.807, 2.05) is 0 Å². The summed E-state index contributed by atoms with van der Waals surface area (Å²) in [7, 11) is 0. The van der Waals surface area contributed by atoms with Crippen molar-refractivity contribution in [3.63, 3.8) is 0 Å². The summed E-state index contributed by atoms with van der Waals surface area (Å²) in [5.41, 5.74) is 6.67. The second kappa shape index (κ2) is 6.38. The molecule has 0 aliphatic heterocycles. The van der Waals surface area contributed by atoms with E-state index in [9.17, 15) is 9.18 Å². The Hall–Kier alpha value is -2.09. The Bertz CT molecular complexity index is 616. The molecule has 2 rings (SSSR count). The van der Waals surface area contributed by atoms with Gasteiger partial charge < -0.3 is 11.1 Å². The third-order valence-electron chi connectivity index (χ3n) is 2.54. The van der Waals surface area contributed by atoms with Gasteiger partial charge in [-0.1, -0.05) is 23.9 Å². The number of amides is 1. The van der Waals surface area contributed by atoms with Crippen LogP contribution >= 0.6 is 11.8 Å². The number of nitrogens with zero attached hydrogens (tertiary/aromatic N) is 2. The fourth-order valence-corrected chi connectivity index (χ4v) is 2.09. The van der Waals surface area contributed by atoms with E-state index >= 15 is 0 Å². The first-order valence-corrected chi connectivity index (χ1v) is 6.85. The van der Waals surface area contributed by atoms with Crippen LogP contribution in [0.1, 0.15) is 11.1 Å². The summed E-state index contributed by atoms with van der Waals surface area (Å²) in [5, 5.41) is 9.40. The molecular weight excluding hydrogens is 281 g/mol. The lowest BCUT2D eigenvalue weighted by Crippen LogP contribution is -2.24. The van der Waals surface area contributed by atoms with Crippen molar-refractivity contribution < 1.29 is 9.18 Å². The number of benzene rings is 1. The third kappa shape index (κ3) is 3.95. The molecule has 0 saturated carbocycles. The number of hydrogen-bond donors (Lipinski definition) is 3. The van der Waals surface area contributed by atoms with E-state index in [-0.39, 0.29) is 30.0 Å². The lowest BCUT2D eigenvalue weighted by molar-refractivity contribution is -0.118. The average Bonchev–Trinajstić information content (AvgIpc) is 2.83. The first kappa shape index (κ1) is 14.3. The Morgan fingerprint density at radius 2 is 2.35 bits per heavy atom. The molecule has 2 aromatic rings. The molecular formula is C12H14FN5OS. The Kier molecular flexibility index (Phi) is 4.57. The van der Waals surface area contributed by atoms with Crippen LogP contribution in [-0.2, 0) is 11.3 Å². The molecule has 1 amide bonds. The van der Waals surface area contributed by atoms with Crippen molar-refractivity contribution in [3.8, 4) is 0 Å². The average molecular weight is 295 g/mol. The van der Waals surface area contributed by atoms with Crippen LogP contribution in [0.4, 0.5) is 10.3 Å². The molecule has 1 aromatic carbocycles. The number of halogens is 1. The quantitative estimate of drug-likeness (QED) is 0.721. The molecule has 0 radical (unpaired) electrons. The van der Waals surface area contributed by atoms with E-state index in [2.05, 4.69) is 20.5 Å². The molecule has 0 bridgehead atoms. The van der Waals surface area contributed by atoms with Crippen LogP contribution in [0.3, 0.4) is 0 Å². The van der Waals surface area contributed by atoms with Crippen LogP contribution in [0.2, 0.25) is 0 Å². The van der Waals surface area contributed by atoms with Gasteiger partial charge in [0.05, 0.1) is 5.75 Å². The predicted octanol–water partition coefficient (Wildman–Crippen LogP) is 1.24. The predicted molar refractivity (Wildman–Crippen MR) is 74.5 cm³/mol. The molecule has 6 nitrogen and oxygen atoms in total. The zero-order chi connectivity index (χ0) is 14.5. The number of aromatic nitrogens is 3. The van der Waals surface area contributed by atoms with Crippen LogP contribution in [-0.4, -0.2) is 26.8 Å². The summed E-state index contributed by atoms with van der Waals surface area (Å²) in [4.78, 5) is 15.5. The van der Waals surface area contributed by atoms with E-state index in [1.54, 1.807) is 19.1 Å². The van der Waals surface area contributed by atoms with Gasteiger partial charge in [0.1, 0.15) is 5.82 Å². The Balaban J connectivity index is 1.78. The molecule has 106 valence electrons. The molecule has 0 spiro atoms. The Morgan fingerprint density at radius 1 is 1.55 bits per heavy atom. The Morgan fingerprint density at radius 3 is 3.00 bits per heavy atom. The highest BCUT2D eigenvalue weighted by molar-refractivity contribution is 7.99. The minimum atomic E-state index is -0.276. The zero-order valence-corrected chi connectivity index (χ0v) is 11.6. The van der Waals surface area contributed by atoms with Crippen LogP contribution in [0, 0.1) is 12.7 Å². The second-order valence-corrected chi connectivity index (χ2v) is 5.09. The molecule has 0 saturated heterocycles. The molecule has 8 heteroatoms. The summed E-state index contributed by atoms with van der Waals surface area (Å²) in [6.45, 7) is 1.98. The number of aromatic amines is 1. The second-order valence-electron chi connectivity index (χ2n) is 4.15. The fraction of sp³-hybridized carbons (Fsp3) is 0.250. The van der Waals surface area contributed by atoms with Gasteiger partial charge in [0.15, 0.2) is 0 Å². The maximum Gasteiger partial charge on any atom is 0.230 e. The number of carbonyl (C=O) groups is 1. The molecule has 0 unspecified atom stereocenters. The van der Waals surface area contributed by atoms with Crippen molar-refractivity contribution >= 4 is 23.6 Å². The number of nitrogens with two attached hydrogens (primary N) is 1. The maximum absolute atomic E-state index is 13.3. The maximum atomic E-state index is 13.3. The molecule has 0 aliphatic carbocycles. The van der Waals surface area contributed by atoms with Crippen LogP contribution < -0.4 is 11.1 Å². The van der Waals surface area contributed by atoms with Gasteiger partial charge in [-0.2, -0.15) is 4.98 Å². The fourth-order valence-electron chi connectivity index (χ4n) is 1.45. The van der Waals surface area contributed by atoms with Gasteiger partial charge in [-0.3, -0.25) is 4.79 Å². The number of hydrogen-bond acceptors (Lipinski definition) is 5. The highest BCUT2D eigenvalue weighted by Crippen LogP contribution is 2.12. The van der Waals surface area contributed by atoms with E-state index in [4.69, 9.17) is 5.73 Å². The number of anilines is 1. The molecule has 4 N–H and O–H groups in total. The summed E-state index contributed by atoms with van der Waals surface area (Å²) in [6, 6.07) is 4.88. The topological polar surface area (TPSA) is 96.7 Å². The summed E-state index contributed by atoms with van der Waals surface area (Å²) < 4.78 is 13.3. The number of thioether (sulfide) groups is 1. The minimum Gasteiger partial charge on any atom is -0.368 e. The lowest BCUT2D eigenvalue weighted by atomic mass is 10.1. The largest absolute Gasteiger partial charge is 0.368 e. The van der Waals surface area contributed by atoms with Crippen molar-refractivity contribution in [2.75, 3.05) is 11.5 Å². The molecule has 20 heavy (non-hydrogen) atoms. The third-order valence-corrected chi connectivity index (χ3v) is 3.39. The van der Waals surface area contributed by atoms with Gasteiger partial charge in [0.25, 0.3) is 0 Å². The van der Waals surface area contributed by atoms with Crippen molar-refractivity contribution in [1.82, 2.24) is 20.5 Å². The molecule has 0 aliphatic rings. The van der Waals surface area contributed by atoms with Gasteiger partial charge in [-0.15, -0.1) is 5.10 Å². The summed E-state index contributed by atoms with van der Waals surface area (Å²) >= 11 is 1.17. The van der Waals surface area contributed by atoms with E-state index in [1.165, 1.54) is 17.8 Å². The highest BCUT2D eigenvalue weighted by atomic mass is 32.2. The normalized spacial score (nSPS) is 10.5. The lowest BCUT2D eigenvalue weighted by Gasteiger charge is -2.05. The highest BCUT2D eigenvalue weighted by Gasteiger charge is 2.07. The van der Waals surface area contributed by atoms with Gasteiger partial charge in [0, 0.05) is 6.54 Å². The van der Waals surface area contributed by atoms with Crippen molar-refractivity contribution in [2.45, 2.75) is 18.6 Å². The minimum absolute atomic E-state index is 0.172. The standard InChI is InChI=1S/C12H14FN5OS/c1-7-2-3-8(4-9(7)13)5-15-10(19)6-20-12-16-11(14)17-18-12/h2-4H,5-6H2,1H3,(H,15,19)(H3,14,16,17,18). The summed E-state index contributed by atoms with van der Waals surface area (Å²) in [6.07, 6.45) is 0. The van der Waals surface area contributed by atoms with E-state index in [0.29, 0.717) is 16.3 Å². The van der Waals surface area contributed by atoms with Gasteiger partial charge in [-0.25, -0.2) is 9.49 Å². The van der Waals surface area contributed by atoms with Crippen LogP contribution in [0.5, 0.6) is 0 Å². The molecule has 1 aromatic heterocycles. The SMILES string of the molecule is Cc1ccc(CNC(=O)CSc2n[nH]c(N)n2)cc1F. The zero-order valence-electron chi connectivity index (χ0n) is 10.8. The summed E-state index contributed by atoms with van der Waals surface area (Å²) in [5.74, 6) is -0.0734. The molecule has 1 heterocycles. The number of nitrogen functional groups attached to an aromatic ring is 1. The Labute approximate surface area is 119 Å². The van der Waals surface area contributed by atoms with Crippen LogP contribution in [0.25, 0.3) is 0 Å². The first-order chi connectivity index (χ1) is 9.54. The van der Waals surface area contributed by atoms with Gasteiger partial charge in [-0.05, 0) is 24.1 Å². The first-order valence-electron chi connectivity index (χ1n) is 5.87. The number of aryl methyl sites for hydroxylation is 1. The van der Waals surface area contributed by atoms with Crippen LogP contribution in [0.15, 0.2) is 23.4 Å². The molecule has 0 fully saturated rings. The van der Waals surface area contributed by atoms with Gasteiger partial charge in [0.2, 0.25) is 17.0 Å². The van der Waals surface area contributed by atoms with Crippen molar-refractivity contribution in [3.05, 3.63) is 35.1 Å². The monoisotopic (exact) mass is 295 g/mol. The number of nitrogens with one attached hydrogen (secondary N) is 2. The number of carbonyl (C=O) groups excluding carboxylic acids is 1. The van der Waals surface area contributed by atoms with Crippen molar-refractivity contribution in [2.24, 2.45) is 0 Å².